The molecule has 0 saturated heterocycles. The number of nitrogens with zero attached hydrogens (tertiary/aromatic N) is 2. The molecule has 3 N–H and O–H groups in total. The number of nitrogens with one attached hydrogen (secondary N) is 1. The van der Waals surface area contributed by atoms with Crippen LogP contribution in [0.4, 0.5) is 0 Å². The third-order valence-electron chi connectivity index (χ3n) is 2.50. The Bertz CT molecular complexity index is 344. The lowest BCUT2D eigenvalue weighted by Crippen LogP contribution is -2.53. The molecule has 1 unspecified atom stereocenters. The summed E-state index contributed by atoms with van der Waals surface area (Å²) in [5.41, 5.74) is 4.80. The molecule has 0 spiro atoms. The second-order valence-electron chi connectivity index (χ2n) is 3.89. The first-order chi connectivity index (χ1) is 8.08. The quantitative estimate of drug-likeness (QED) is 0.551. The Kier molecular flexibility index (Phi) is 5.87. The first-order valence-corrected chi connectivity index (χ1v) is 7.29. The highest BCUT2D eigenvalue weighted by molar-refractivity contribution is 8.00. The molecule has 7 heteroatoms. The van der Waals surface area contributed by atoms with Gasteiger partial charge in [0.2, 0.25) is 5.91 Å². The molecule has 1 amide bonds. The average Bonchev–Trinajstić information content (AvgIpc) is 2.77. The van der Waals surface area contributed by atoms with Crippen molar-refractivity contribution in [2.24, 2.45) is 5.73 Å². The number of aromatic nitrogens is 2. The predicted molar refractivity (Wildman–Crippen MR) is 71.1 cm³/mol. The zero-order chi connectivity index (χ0) is 12.7. The number of thioether (sulfide) groups is 1. The summed E-state index contributed by atoms with van der Waals surface area (Å²) in [4.78, 5) is 15.5. The molecule has 0 aliphatic rings. The average molecular weight is 274 g/mol. The van der Waals surface area contributed by atoms with Gasteiger partial charge >= 0.3 is 0 Å². The number of primary amides is 1. The maximum absolute atomic E-state index is 11.4. The fraction of sp³-hybridized carbons (Fsp3) is 0.700. The SMILES string of the molecule is CCNC(C)(CCCSc1ncns1)C(N)=O. The minimum Gasteiger partial charge on any atom is -0.368 e. The molecule has 0 aromatic carbocycles. The lowest BCUT2D eigenvalue weighted by atomic mass is 9.95. The van der Waals surface area contributed by atoms with E-state index in [1.54, 1.807) is 18.1 Å². The largest absolute Gasteiger partial charge is 0.368 e. The number of rotatable bonds is 8. The van der Waals surface area contributed by atoms with E-state index in [1.165, 1.54) is 11.5 Å². The van der Waals surface area contributed by atoms with E-state index in [4.69, 9.17) is 5.73 Å². The van der Waals surface area contributed by atoms with Crippen molar-refractivity contribution in [1.29, 1.82) is 0 Å². The summed E-state index contributed by atoms with van der Waals surface area (Å²) in [7, 11) is 0. The molecule has 0 aliphatic carbocycles. The Morgan fingerprint density at radius 1 is 1.71 bits per heavy atom. The Hall–Kier alpha value is -0.660. The predicted octanol–water partition coefficient (Wildman–Crippen LogP) is 1.26. The van der Waals surface area contributed by atoms with Crippen LogP contribution >= 0.6 is 23.3 Å². The van der Waals surface area contributed by atoms with Crippen LogP contribution in [-0.2, 0) is 4.79 Å². The summed E-state index contributed by atoms with van der Waals surface area (Å²) in [6.07, 6.45) is 3.21. The van der Waals surface area contributed by atoms with Gasteiger partial charge in [-0.15, -0.1) is 0 Å². The van der Waals surface area contributed by atoms with Crippen LogP contribution < -0.4 is 11.1 Å². The van der Waals surface area contributed by atoms with Gasteiger partial charge in [0.25, 0.3) is 0 Å². The molecule has 0 radical (unpaired) electrons. The summed E-state index contributed by atoms with van der Waals surface area (Å²) in [6, 6.07) is 0. The highest BCUT2D eigenvalue weighted by Crippen LogP contribution is 2.21. The fourth-order valence-electron chi connectivity index (χ4n) is 1.50. The van der Waals surface area contributed by atoms with E-state index >= 15 is 0 Å². The van der Waals surface area contributed by atoms with Gasteiger partial charge in [-0.2, -0.15) is 4.37 Å². The summed E-state index contributed by atoms with van der Waals surface area (Å²) in [5, 5.41) is 3.14. The van der Waals surface area contributed by atoms with E-state index in [1.807, 2.05) is 13.8 Å². The van der Waals surface area contributed by atoms with Gasteiger partial charge < -0.3 is 11.1 Å². The topological polar surface area (TPSA) is 80.9 Å². The van der Waals surface area contributed by atoms with Crippen LogP contribution in [0, 0.1) is 0 Å². The Balaban J connectivity index is 2.30. The van der Waals surface area contributed by atoms with Gasteiger partial charge in [-0.05, 0) is 37.8 Å². The molecule has 1 aromatic rings. The number of likely N-dealkylation sites (N-methyl/N-ethyl adjacent to an activating group) is 1. The highest BCUT2D eigenvalue weighted by Gasteiger charge is 2.28. The maximum atomic E-state index is 11.4. The van der Waals surface area contributed by atoms with Crippen molar-refractivity contribution in [3.05, 3.63) is 6.33 Å². The monoisotopic (exact) mass is 274 g/mol. The van der Waals surface area contributed by atoms with Crippen LogP contribution in [0.1, 0.15) is 26.7 Å². The molecule has 1 aromatic heterocycles. The van der Waals surface area contributed by atoms with Crippen molar-refractivity contribution in [2.45, 2.75) is 36.6 Å². The number of amides is 1. The smallest absolute Gasteiger partial charge is 0.237 e. The second-order valence-corrected chi connectivity index (χ2v) is 6.01. The minimum absolute atomic E-state index is 0.291. The molecule has 1 atom stereocenters. The summed E-state index contributed by atoms with van der Waals surface area (Å²) >= 11 is 3.05. The van der Waals surface area contributed by atoms with Crippen LogP contribution in [-0.4, -0.2) is 33.1 Å². The molecule has 0 saturated carbocycles. The zero-order valence-electron chi connectivity index (χ0n) is 10.1. The fourth-order valence-corrected chi connectivity index (χ4v) is 2.95. The Labute approximate surface area is 110 Å². The molecular formula is C10H18N4OS2. The van der Waals surface area contributed by atoms with Crippen LogP contribution in [0.5, 0.6) is 0 Å². The number of hydrogen-bond donors (Lipinski definition) is 2. The van der Waals surface area contributed by atoms with Crippen LogP contribution in [0.2, 0.25) is 0 Å². The van der Waals surface area contributed by atoms with Crippen molar-refractivity contribution < 1.29 is 4.79 Å². The van der Waals surface area contributed by atoms with Gasteiger partial charge in [0.1, 0.15) is 6.33 Å². The van der Waals surface area contributed by atoms with E-state index in [2.05, 4.69) is 14.7 Å². The number of carbonyl (C=O) groups is 1. The molecule has 5 nitrogen and oxygen atoms in total. The molecule has 1 rings (SSSR count). The van der Waals surface area contributed by atoms with Gasteiger partial charge in [0, 0.05) is 5.75 Å². The minimum atomic E-state index is -0.601. The molecular weight excluding hydrogens is 256 g/mol. The van der Waals surface area contributed by atoms with E-state index in [0.717, 1.165) is 29.5 Å². The Morgan fingerprint density at radius 2 is 2.47 bits per heavy atom. The lowest BCUT2D eigenvalue weighted by molar-refractivity contribution is -0.124. The van der Waals surface area contributed by atoms with Gasteiger partial charge in [-0.1, -0.05) is 18.7 Å². The first-order valence-electron chi connectivity index (χ1n) is 5.53. The van der Waals surface area contributed by atoms with Gasteiger partial charge in [0.15, 0.2) is 4.34 Å². The first kappa shape index (κ1) is 14.4. The zero-order valence-corrected chi connectivity index (χ0v) is 11.7. The summed E-state index contributed by atoms with van der Waals surface area (Å²) < 4.78 is 4.90. The summed E-state index contributed by atoms with van der Waals surface area (Å²) in [5.74, 6) is 0.629. The molecule has 96 valence electrons. The standard InChI is InChI=1S/C10H18N4OS2/c1-3-13-10(2,8(11)15)5-4-6-16-9-12-7-14-17-9/h7,13H,3-6H2,1-2H3,(H2,11,15). The molecule has 17 heavy (non-hydrogen) atoms. The summed E-state index contributed by atoms with van der Waals surface area (Å²) in [6.45, 7) is 4.56. The van der Waals surface area contributed by atoms with Crippen molar-refractivity contribution in [2.75, 3.05) is 12.3 Å². The van der Waals surface area contributed by atoms with Crippen LogP contribution in [0.3, 0.4) is 0 Å². The molecule has 0 aliphatic heterocycles. The second kappa shape index (κ2) is 6.93. The molecule has 1 heterocycles. The number of nitrogens with two attached hydrogens (primary N) is 1. The van der Waals surface area contributed by atoms with Crippen molar-refractivity contribution in [3.63, 3.8) is 0 Å². The van der Waals surface area contributed by atoms with E-state index in [0.29, 0.717) is 0 Å². The van der Waals surface area contributed by atoms with Crippen molar-refractivity contribution in [1.82, 2.24) is 14.7 Å². The Morgan fingerprint density at radius 3 is 3.00 bits per heavy atom. The van der Waals surface area contributed by atoms with E-state index in [-0.39, 0.29) is 5.91 Å². The third kappa shape index (κ3) is 4.61. The van der Waals surface area contributed by atoms with Gasteiger partial charge in [0.05, 0.1) is 5.54 Å². The normalized spacial score (nSPS) is 14.5. The maximum Gasteiger partial charge on any atom is 0.237 e. The van der Waals surface area contributed by atoms with Crippen molar-refractivity contribution in [3.8, 4) is 0 Å². The number of carbonyl (C=O) groups excluding carboxylic acids is 1. The molecule has 0 bridgehead atoms. The van der Waals surface area contributed by atoms with Gasteiger partial charge in [-0.3, -0.25) is 4.79 Å². The van der Waals surface area contributed by atoms with E-state index < -0.39 is 5.54 Å². The highest BCUT2D eigenvalue weighted by atomic mass is 32.2. The lowest BCUT2D eigenvalue weighted by Gasteiger charge is -2.26. The van der Waals surface area contributed by atoms with Gasteiger partial charge in [-0.25, -0.2) is 4.98 Å². The van der Waals surface area contributed by atoms with Crippen molar-refractivity contribution >= 4 is 29.2 Å². The molecule has 0 fully saturated rings. The third-order valence-corrected chi connectivity index (χ3v) is 4.38. The van der Waals surface area contributed by atoms with Crippen LogP contribution in [0.25, 0.3) is 0 Å². The van der Waals surface area contributed by atoms with Crippen LogP contribution in [0.15, 0.2) is 10.7 Å². The van der Waals surface area contributed by atoms with E-state index in [9.17, 15) is 4.79 Å². The number of hydrogen-bond acceptors (Lipinski definition) is 6.